The van der Waals surface area contributed by atoms with E-state index in [4.69, 9.17) is 0 Å². The monoisotopic (exact) mass is 174 g/mol. The van der Waals surface area contributed by atoms with Crippen LogP contribution in [0.5, 0.6) is 0 Å². The molecular formula is C9H8N3O. The highest BCUT2D eigenvalue weighted by Gasteiger charge is 2.07. The maximum atomic E-state index is 11.1. The molecule has 0 atom stereocenters. The molecule has 0 amide bonds. The van der Waals surface area contributed by atoms with Gasteiger partial charge in [-0.05, 0) is 28.1 Å². The second-order valence-electron chi connectivity index (χ2n) is 2.74. The van der Waals surface area contributed by atoms with Crippen molar-refractivity contribution in [3.05, 3.63) is 36.4 Å². The SMILES string of the molecule is C=CCc1cccc2c1nnn2[O]. The molecule has 13 heavy (non-hydrogen) atoms. The predicted molar refractivity (Wildman–Crippen MR) is 47.5 cm³/mol. The Bertz CT molecular complexity index is 447. The summed E-state index contributed by atoms with van der Waals surface area (Å²) in [6.45, 7) is 3.64. The van der Waals surface area contributed by atoms with E-state index in [0.29, 0.717) is 22.3 Å². The lowest BCUT2D eigenvalue weighted by Gasteiger charge is -1.95. The third-order valence-electron chi connectivity index (χ3n) is 1.89. The fourth-order valence-electron chi connectivity index (χ4n) is 1.30. The second kappa shape index (κ2) is 2.90. The number of benzene rings is 1. The molecule has 2 rings (SSSR count). The molecule has 4 nitrogen and oxygen atoms in total. The van der Waals surface area contributed by atoms with E-state index < -0.39 is 0 Å². The molecule has 0 saturated carbocycles. The third-order valence-corrected chi connectivity index (χ3v) is 1.89. The zero-order chi connectivity index (χ0) is 9.26. The number of allylic oxidation sites excluding steroid dienone is 1. The lowest BCUT2D eigenvalue weighted by Crippen LogP contribution is -1.88. The molecule has 0 aliphatic carbocycles. The second-order valence-corrected chi connectivity index (χ2v) is 2.74. The molecule has 0 aliphatic rings. The summed E-state index contributed by atoms with van der Waals surface area (Å²) in [5, 5.41) is 18.3. The summed E-state index contributed by atoms with van der Waals surface area (Å²) < 4.78 is 0. The molecule has 0 bridgehead atoms. The van der Waals surface area contributed by atoms with Crippen LogP contribution in [0, 0.1) is 0 Å². The third kappa shape index (κ3) is 1.16. The van der Waals surface area contributed by atoms with E-state index in [1.54, 1.807) is 12.1 Å². The van der Waals surface area contributed by atoms with Gasteiger partial charge in [0.1, 0.15) is 11.0 Å². The summed E-state index contributed by atoms with van der Waals surface area (Å²) in [7, 11) is 0. The van der Waals surface area contributed by atoms with Gasteiger partial charge in [-0.25, -0.2) is 0 Å². The normalized spacial score (nSPS) is 10.5. The maximum Gasteiger partial charge on any atom is 0.136 e. The minimum Gasteiger partial charge on any atom is -0.144 e. The van der Waals surface area contributed by atoms with Crippen LogP contribution in [0.1, 0.15) is 5.56 Å². The topological polar surface area (TPSA) is 50.6 Å². The van der Waals surface area contributed by atoms with Crippen molar-refractivity contribution in [3.63, 3.8) is 0 Å². The van der Waals surface area contributed by atoms with Gasteiger partial charge in [0.05, 0.1) is 0 Å². The summed E-state index contributed by atoms with van der Waals surface area (Å²) in [5.41, 5.74) is 2.16. The van der Waals surface area contributed by atoms with E-state index in [9.17, 15) is 5.21 Å². The molecule has 4 heteroatoms. The lowest BCUT2D eigenvalue weighted by atomic mass is 10.1. The van der Waals surface area contributed by atoms with Crippen molar-refractivity contribution in [2.45, 2.75) is 6.42 Å². The Morgan fingerprint density at radius 2 is 2.38 bits per heavy atom. The minimum atomic E-state index is 0.513. The van der Waals surface area contributed by atoms with Gasteiger partial charge in [-0.2, -0.15) is 0 Å². The zero-order valence-corrected chi connectivity index (χ0v) is 6.97. The Morgan fingerprint density at radius 3 is 3.15 bits per heavy atom. The van der Waals surface area contributed by atoms with Gasteiger partial charge in [0.2, 0.25) is 0 Å². The van der Waals surface area contributed by atoms with Crippen molar-refractivity contribution in [2.24, 2.45) is 0 Å². The van der Waals surface area contributed by atoms with Crippen LogP contribution in [-0.2, 0) is 11.6 Å². The standard InChI is InChI=1S/C9H8N3O/c1-2-4-7-5-3-6-8-9(7)10-11-12(8)13/h2-3,5-6H,1,4H2. The molecule has 0 saturated heterocycles. The number of fused-ring (bicyclic) bond motifs is 1. The highest BCUT2D eigenvalue weighted by atomic mass is 16.5. The van der Waals surface area contributed by atoms with Gasteiger partial charge >= 0.3 is 0 Å². The fourth-order valence-corrected chi connectivity index (χ4v) is 1.30. The fraction of sp³-hybridized carbons (Fsp3) is 0.111. The van der Waals surface area contributed by atoms with Gasteiger partial charge in [-0.1, -0.05) is 18.2 Å². The van der Waals surface area contributed by atoms with E-state index in [-0.39, 0.29) is 0 Å². The smallest absolute Gasteiger partial charge is 0.136 e. The van der Waals surface area contributed by atoms with Crippen molar-refractivity contribution in [2.75, 3.05) is 0 Å². The van der Waals surface area contributed by atoms with E-state index in [1.165, 1.54) is 0 Å². The average Bonchev–Trinajstić information content (AvgIpc) is 2.50. The molecule has 1 heterocycles. The summed E-state index contributed by atoms with van der Waals surface area (Å²) in [6.07, 6.45) is 2.48. The minimum absolute atomic E-state index is 0.513. The Labute approximate surface area is 75.1 Å². The summed E-state index contributed by atoms with van der Waals surface area (Å²) in [6, 6.07) is 5.44. The maximum absolute atomic E-state index is 11.1. The van der Waals surface area contributed by atoms with Gasteiger partial charge in [0, 0.05) is 0 Å². The Balaban J connectivity index is 2.69. The first-order chi connectivity index (χ1) is 6.33. The van der Waals surface area contributed by atoms with E-state index in [2.05, 4.69) is 16.9 Å². The van der Waals surface area contributed by atoms with Crippen molar-refractivity contribution < 1.29 is 5.21 Å². The van der Waals surface area contributed by atoms with Crippen LogP contribution in [0.15, 0.2) is 30.9 Å². The Morgan fingerprint density at radius 1 is 1.54 bits per heavy atom. The largest absolute Gasteiger partial charge is 0.144 e. The van der Waals surface area contributed by atoms with Crippen LogP contribution in [0.3, 0.4) is 0 Å². The first-order valence-corrected chi connectivity index (χ1v) is 3.94. The van der Waals surface area contributed by atoms with Crippen molar-refractivity contribution >= 4 is 11.0 Å². The number of aromatic nitrogens is 3. The highest BCUT2D eigenvalue weighted by molar-refractivity contribution is 5.77. The molecule has 1 radical (unpaired) electrons. The van der Waals surface area contributed by atoms with Crippen LogP contribution in [0.2, 0.25) is 0 Å². The predicted octanol–water partition coefficient (Wildman–Crippen LogP) is 1.35. The van der Waals surface area contributed by atoms with Gasteiger partial charge in [0.25, 0.3) is 0 Å². The Hall–Kier alpha value is -1.84. The molecule has 0 unspecified atom stereocenters. The van der Waals surface area contributed by atoms with Crippen LogP contribution in [0.4, 0.5) is 0 Å². The molecule has 0 aliphatic heterocycles. The number of nitrogens with zero attached hydrogens (tertiary/aromatic N) is 3. The van der Waals surface area contributed by atoms with E-state index in [1.807, 2.05) is 12.1 Å². The molecule has 0 spiro atoms. The van der Waals surface area contributed by atoms with Crippen LogP contribution in [0.25, 0.3) is 11.0 Å². The van der Waals surface area contributed by atoms with Gasteiger partial charge in [0.15, 0.2) is 0 Å². The molecular weight excluding hydrogens is 166 g/mol. The average molecular weight is 174 g/mol. The van der Waals surface area contributed by atoms with Gasteiger partial charge < -0.3 is 0 Å². The number of hydrogen-bond acceptors (Lipinski definition) is 2. The highest BCUT2D eigenvalue weighted by Crippen LogP contribution is 2.15. The summed E-state index contributed by atoms with van der Waals surface area (Å²) >= 11 is 0. The first-order valence-electron chi connectivity index (χ1n) is 3.94. The van der Waals surface area contributed by atoms with Crippen molar-refractivity contribution in [3.8, 4) is 0 Å². The lowest BCUT2D eigenvalue weighted by molar-refractivity contribution is 0.0651. The van der Waals surface area contributed by atoms with Gasteiger partial charge in [-0.15, -0.1) is 16.9 Å². The summed E-state index contributed by atoms with van der Waals surface area (Å²) in [5.74, 6) is 0. The summed E-state index contributed by atoms with van der Waals surface area (Å²) in [4.78, 5) is 0.530. The Kier molecular flexibility index (Phi) is 1.73. The molecule has 0 N–H and O–H groups in total. The molecule has 1 aromatic heterocycles. The van der Waals surface area contributed by atoms with Crippen molar-refractivity contribution in [1.29, 1.82) is 0 Å². The molecule has 2 aromatic rings. The van der Waals surface area contributed by atoms with Crippen LogP contribution < -0.4 is 0 Å². The molecule has 0 fully saturated rings. The first kappa shape index (κ1) is 7.79. The molecule has 65 valence electrons. The van der Waals surface area contributed by atoms with E-state index in [0.717, 1.165) is 5.56 Å². The van der Waals surface area contributed by atoms with E-state index >= 15 is 0 Å². The zero-order valence-electron chi connectivity index (χ0n) is 6.97. The van der Waals surface area contributed by atoms with Crippen molar-refractivity contribution in [1.82, 2.24) is 15.2 Å². The van der Waals surface area contributed by atoms with Crippen LogP contribution >= 0.6 is 0 Å². The quantitative estimate of drug-likeness (QED) is 0.645. The number of rotatable bonds is 2. The number of hydrogen-bond donors (Lipinski definition) is 0. The molecule has 1 aromatic carbocycles. The van der Waals surface area contributed by atoms with Gasteiger partial charge in [-0.3, -0.25) is 0 Å². The van der Waals surface area contributed by atoms with Crippen LogP contribution in [-0.4, -0.2) is 15.2 Å².